The van der Waals surface area contributed by atoms with Gasteiger partial charge >= 0.3 is 0 Å². The highest BCUT2D eigenvalue weighted by Crippen LogP contribution is 2.19. The third-order valence-corrected chi connectivity index (χ3v) is 3.20. The molecule has 1 atom stereocenters. The SMILES string of the molecule is CNC(CCN1CCOCC1(C)C)C(N)=O. The first-order valence-corrected chi connectivity index (χ1v) is 5.77. The number of hydrogen-bond acceptors (Lipinski definition) is 4. The highest BCUT2D eigenvalue weighted by molar-refractivity contribution is 5.79. The van der Waals surface area contributed by atoms with E-state index in [1.54, 1.807) is 7.05 Å². The zero-order valence-electron chi connectivity index (χ0n) is 10.5. The van der Waals surface area contributed by atoms with Gasteiger partial charge in [-0.1, -0.05) is 0 Å². The Morgan fingerprint density at radius 2 is 2.31 bits per heavy atom. The number of rotatable bonds is 5. The third-order valence-electron chi connectivity index (χ3n) is 3.20. The standard InChI is InChI=1S/C11H23N3O2/c1-11(2)8-16-7-6-14(11)5-4-9(13-3)10(12)15/h9,13H,4-8H2,1-3H3,(H2,12,15). The van der Waals surface area contributed by atoms with Crippen molar-refractivity contribution in [2.24, 2.45) is 5.73 Å². The lowest BCUT2D eigenvalue weighted by atomic mass is 10.0. The Bertz CT molecular complexity index is 243. The lowest BCUT2D eigenvalue weighted by molar-refractivity contribution is -0.120. The van der Waals surface area contributed by atoms with Crippen LogP contribution in [-0.2, 0) is 9.53 Å². The molecule has 16 heavy (non-hydrogen) atoms. The topological polar surface area (TPSA) is 67.6 Å². The maximum absolute atomic E-state index is 11.1. The van der Waals surface area contributed by atoms with Gasteiger partial charge in [0.25, 0.3) is 0 Å². The fraction of sp³-hybridized carbons (Fsp3) is 0.909. The molecule has 1 heterocycles. The number of nitrogens with one attached hydrogen (secondary N) is 1. The van der Waals surface area contributed by atoms with Crippen molar-refractivity contribution in [2.75, 3.05) is 33.4 Å². The number of hydrogen-bond donors (Lipinski definition) is 2. The molecule has 1 aliphatic heterocycles. The highest BCUT2D eigenvalue weighted by Gasteiger charge is 2.30. The van der Waals surface area contributed by atoms with Gasteiger partial charge in [-0.25, -0.2) is 0 Å². The molecule has 0 radical (unpaired) electrons. The summed E-state index contributed by atoms with van der Waals surface area (Å²) in [5, 5.41) is 2.94. The van der Waals surface area contributed by atoms with E-state index >= 15 is 0 Å². The molecular formula is C11H23N3O2. The van der Waals surface area contributed by atoms with E-state index in [2.05, 4.69) is 24.1 Å². The smallest absolute Gasteiger partial charge is 0.234 e. The third kappa shape index (κ3) is 3.43. The van der Waals surface area contributed by atoms with Gasteiger partial charge in [0.1, 0.15) is 0 Å². The Labute approximate surface area is 97.3 Å². The van der Waals surface area contributed by atoms with Gasteiger partial charge in [0.05, 0.1) is 19.3 Å². The fourth-order valence-electron chi connectivity index (χ4n) is 2.02. The first-order chi connectivity index (χ1) is 7.47. The monoisotopic (exact) mass is 229 g/mol. The molecule has 1 aliphatic rings. The predicted octanol–water partition coefficient (Wildman–Crippen LogP) is -0.439. The van der Waals surface area contributed by atoms with E-state index in [1.807, 2.05) is 0 Å². The van der Waals surface area contributed by atoms with E-state index in [9.17, 15) is 4.79 Å². The molecule has 0 bridgehead atoms. The molecule has 0 aromatic heterocycles. The molecule has 1 amide bonds. The number of morpholine rings is 1. The van der Waals surface area contributed by atoms with E-state index < -0.39 is 0 Å². The molecular weight excluding hydrogens is 206 g/mol. The van der Waals surface area contributed by atoms with Crippen LogP contribution in [0.25, 0.3) is 0 Å². The minimum atomic E-state index is -0.284. The molecule has 1 rings (SSSR count). The van der Waals surface area contributed by atoms with Crippen LogP contribution in [0.2, 0.25) is 0 Å². The Morgan fingerprint density at radius 1 is 1.62 bits per heavy atom. The van der Waals surface area contributed by atoms with E-state index in [0.29, 0.717) is 0 Å². The number of likely N-dealkylation sites (N-methyl/N-ethyl adjacent to an activating group) is 1. The molecule has 0 spiro atoms. The first-order valence-electron chi connectivity index (χ1n) is 5.77. The molecule has 0 aromatic rings. The van der Waals surface area contributed by atoms with Crippen molar-refractivity contribution in [1.82, 2.24) is 10.2 Å². The average Bonchev–Trinajstić information content (AvgIpc) is 2.20. The average molecular weight is 229 g/mol. The van der Waals surface area contributed by atoms with Gasteiger partial charge in [-0.15, -0.1) is 0 Å². The summed E-state index contributed by atoms with van der Waals surface area (Å²) in [5.41, 5.74) is 5.34. The minimum Gasteiger partial charge on any atom is -0.378 e. The van der Waals surface area contributed by atoms with Crippen LogP contribution in [0.4, 0.5) is 0 Å². The van der Waals surface area contributed by atoms with Crippen LogP contribution >= 0.6 is 0 Å². The van der Waals surface area contributed by atoms with Gasteiger partial charge in [0.2, 0.25) is 5.91 Å². The van der Waals surface area contributed by atoms with Gasteiger partial charge in [-0.2, -0.15) is 0 Å². The second kappa shape index (κ2) is 5.61. The largest absolute Gasteiger partial charge is 0.378 e. The summed E-state index contributed by atoms with van der Waals surface area (Å²) in [4.78, 5) is 13.4. The van der Waals surface area contributed by atoms with Crippen molar-refractivity contribution in [3.63, 3.8) is 0 Å². The molecule has 1 saturated heterocycles. The van der Waals surface area contributed by atoms with Crippen molar-refractivity contribution in [3.8, 4) is 0 Å². The number of ether oxygens (including phenoxy) is 1. The molecule has 0 saturated carbocycles. The zero-order chi connectivity index (χ0) is 12.2. The van der Waals surface area contributed by atoms with Crippen LogP contribution in [0.1, 0.15) is 20.3 Å². The Balaban J connectivity index is 2.43. The van der Waals surface area contributed by atoms with Crippen molar-refractivity contribution in [1.29, 1.82) is 0 Å². The minimum absolute atomic E-state index is 0.0498. The van der Waals surface area contributed by atoms with Gasteiger partial charge in [-0.05, 0) is 27.3 Å². The molecule has 5 nitrogen and oxygen atoms in total. The second-order valence-electron chi connectivity index (χ2n) is 4.88. The second-order valence-corrected chi connectivity index (χ2v) is 4.88. The zero-order valence-corrected chi connectivity index (χ0v) is 10.5. The highest BCUT2D eigenvalue weighted by atomic mass is 16.5. The Hall–Kier alpha value is -0.650. The van der Waals surface area contributed by atoms with Crippen molar-refractivity contribution < 1.29 is 9.53 Å². The molecule has 1 fully saturated rings. The summed E-state index contributed by atoms with van der Waals surface area (Å²) in [6, 6.07) is -0.237. The van der Waals surface area contributed by atoms with Crippen LogP contribution in [-0.4, -0.2) is 55.7 Å². The van der Waals surface area contributed by atoms with Gasteiger partial charge < -0.3 is 15.8 Å². The molecule has 3 N–H and O–H groups in total. The predicted molar refractivity (Wildman–Crippen MR) is 63.1 cm³/mol. The summed E-state index contributed by atoms with van der Waals surface area (Å²) in [6.45, 7) is 7.61. The molecule has 0 aliphatic carbocycles. The molecule has 1 unspecified atom stereocenters. The molecule has 5 heteroatoms. The van der Waals surface area contributed by atoms with Crippen LogP contribution in [0.3, 0.4) is 0 Å². The van der Waals surface area contributed by atoms with E-state index in [4.69, 9.17) is 10.5 Å². The lowest BCUT2D eigenvalue weighted by Crippen LogP contribution is -2.54. The summed E-state index contributed by atoms with van der Waals surface area (Å²) in [7, 11) is 1.76. The summed E-state index contributed by atoms with van der Waals surface area (Å²) in [6.07, 6.45) is 0.745. The van der Waals surface area contributed by atoms with Crippen LogP contribution in [0.15, 0.2) is 0 Å². The fourth-order valence-corrected chi connectivity index (χ4v) is 2.02. The molecule has 94 valence electrons. The number of primary amides is 1. The van der Waals surface area contributed by atoms with Crippen molar-refractivity contribution >= 4 is 5.91 Å². The Kier molecular flexibility index (Phi) is 4.70. The van der Waals surface area contributed by atoms with Crippen LogP contribution in [0.5, 0.6) is 0 Å². The maximum Gasteiger partial charge on any atom is 0.234 e. The number of carbonyl (C=O) groups excluding carboxylic acids is 1. The number of nitrogens with zero attached hydrogens (tertiary/aromatic N) is 1. The van der Waals surface area contributed by atoms with Crippen LogP contribution < -0.4 is 11.1 Å². The summed E-state index contributed by atoms with van der Waals surface area (Å²) in [5.74, 6) is -0.284. The lowest BCUT2D eigenvalue weighted by Gasteiger charge is -2.42. The van der Waals surface area contributed by atoms with E-state index in [-0.39, 0.29) is 17.5 Å². The first kappa shape index (κ1) is 13.4. The van der Waals surface area contributed by atoms with Gasteiger partial charge in [-0.3, -0.25) is 9.69 Å². The van der Waals surface area contributed by atoms with E-state index in [1.165, 1.54) is 0 Å². The number of amides is 1. The van der Waals surface area contributed by atoms with Crippen molar-refractivity contribution in [2.45, 2.75) is 31.8 Å². The Morgan fingerprint density at radius 3 is 2.81 bits per heavy atom. The summed E-state index contributed by atoms with van der Waals surface area (Å²) >= 11 is 0. The normalized spacial score (nSPS) is 22.9. The number of nitrogens with two attached hydrogens (primary N) is 1. The van der Waals surface area contributed by atoms with Crippen LogP contribution in [0, 0.1) is 0 Å². The van der Waals surface area contributed by atoms with Gasteiger partial charge in [0, 0.05) is 18.6 Å². The van der Waals surface area contributed by atoms with E-state index in [0.717, 1.165) is 32.7 Å². The number of carbonyl (C=O) groups is 1. The van der Waals surface area contributed by atoms with Gasteiger partial charge in [0.15, 0.2) is 0 Å². The van der Waals surface area contributed by atoms with Crippen molar-refractivity contribution in [3.05, 3.63) is 0 Å². The quantitative estimate of drug-likeness (QED) is 0.671. The maximum atomic E-state index is 11.1. The molecule has 0 aromatic carbocycles. The summed E-state index contributed by atoms with van der Waals surface area (Å²) < 4.78 is 5.45.